The van der Waals surface area contributed by atoms with Gasteiger partial charge >= 0.3 is 5.69 Å². The van der Waals surface area contributed by atoms with Gasteiger partial charge in [0.25, 0.3) is 0 Å². The number of hydrogen-bond acceptors (Lipinski definition) is 4. The number of halogens is 2. The predicted molar refractivity (Wildman–Crippen MR) is 87.5 cm³/mol. The van der Waals surface area contributed by atoms with E-state index < -0.39 is 16.6 Å². The first-order valence-corrected chi connectivity index (χ1v) is 7.88. The molecule has 1 saturated heterocycles. The first-order chi connectivity index (χ1) is 12.0. The van der Waals surface area contributed by atoms with Gasteiger partial charge < -0.3 is 4.90 Å². The summed E-state index contributed by atoms with van der Waals surface area (Å²) in [6.45, 7) is 0.665. The van der Waals surface area contributed by atoms with Gasteiger partial charge in [-0.05, 0) is 43.2 Å². The highest BCUT2D eigenvalue weighted by Gasteiger charge is 2.29. The van der Waals surface area contributed by atoms with Gasteiger partial charge in [0, 0.05) is 24.0 Å². The van der Waals surface area contributed by atoms with Crippen molar-refractivity contribution in [3.05, 3.63) is 70.0 Å². The van der Waals surface area contributed by atoms with Crippen LogP contribution < -0.4 is 4.90 Å². The minimum atomic E-state index is -0.486. The van der Waals surface area contributed by atoms with Crippen LogP contribution in [0.15, 0.2) is 42.7 Å². The molecule has 128 valence electrons. The molecule has 3 heterocycles. The van der Waals surface area contributed by atoms with Crippen LogP contribution in [0.4, 0.5) is 20.2 Å². The monoisotopic (exact) mass is 344 g/mol. The minimum absolute atomic E-state index is 0.0884. The van der Waals surface area contributed by atoms with Gasteiger partial charge in [-0.15, -0.1) is 0 Å². The van der Waals surface area contributed by atoms with Crippen molar-refractivity contribution in [1.82, 2.24) is 9.61 Å². The lowest BCUT2D eigenvalue weighted by Gasteiger charge is -2.27. The second-order valence-corrected chi connectivity index (χ2v) is 6.02. The Balaban J connectivity index is 1.77. The molecule has 0 N–H and O–H groups in total. The van der Waals surface area contributed by atoms with Gasteiger partial charge in [0.15, 0.2) is 0 Å². The number of aromatic nitrogens is 2. The van der Waals surface area contributed by atoms with Crippen LogP contribution in [-0.4, -0.2) is 21.1 Å². The number of benzene rings is 1. The summed E-state index contributed by atoms with van der Waals surface area (Å²) in [5, 5.41) is 15.1. The molecular weight excluding hydrogens is 330 g/mol. The van der Waals surface area contributed by atoms with E-state index in [-0.39, 0.29) is 11.7 Å². The number of pyridine rings is 1. The van der Waals surface area contributed by atoms with E-state index in [1.165, 1.54) is 16.8 Å². The molecule has 1 atom stereocenters. The fraction of sp³-hybridized carbons (Fsp3) is 0.235. The molecule has 0 saturated carbocycles. The molecule has 3 aromatic rings. The summed E-state index contributed by atoms with van der Waals surface area (Å²) in [4.78, 5) is 12.6. The highest BCUT2D eigenvalue weighted by atomic mass is 19.1. The van der Waals surface area contributed by atoms with E-state index in [1.54, 1.807) is 18.3 Å². The average molecular weight is 344 g/mol. The zero-order valence-corrected chi connectivity index (χ0v) is 13.1. The third-order valence-electron chi connectivity index (χ3n) is 4.58. The third-order valence-corrected chi connectivity index (χ3v) is 4.58. The molecule has 1 fully saturated rings. The Hall–Kier alpha value is -3.03. The summed E-state index contributed by atoms with van der Waals surface area (Å²) < 4.78 is 29.2. The molecule has 1 unspecified atom stereocenters. The number of nitro groups is 1. The SMILES string of the molecule is O=[N+]([O-])c1cnn2ccc(N3CCCC3c3cc(F)ccc3F)cc12. The predicted octanol–water partition coefficient (Wildman–Crippen LogP) is 3.86. The van der Waals surface area contributed by atoms with Crippen molar-refractivity contribution in [2.45, 2.75) is 18.9 Å². The van der Waals surface area contributed by atoms with Crippen LogP contribution in [0.5, 0.6) is 0 Å². The quantitative estimate of drug-likeness (QED) is 0.535. The van der Waals surface area contributed by atoms with Gasteiger partial charge in [-0.25, -0.2) is 13.3 Å². The van der Waals surface area contributed by atoms with Gasteiger partial charge in [0.2, 0.25) is 0 Å². The van der Waals surface area contributed by atoms with Gasteiger partial charge in [0.1, 0.15) is 23.3 Å². The molecule has 1 aliphatic heterocycles. The maximum atomic E-state index is 14.2. The number of anilines is 1. The molecule has 2 aromatic heterocycles. The van der Waals surface area contributed by atoms with E-state index in [4.69, 9.17) is 0 Å². The molecule has 0 bridgehead atoms. The van der Waals surface area contributed by atoms with Crippen molar-refractivity contribution in [2.75, 3.05) is 11.4 Å². The maximum absolute atomic E-state index is 14.2. The molecule has 6 nitrogen and oxygen atoms in total. The van der Waals surface area contributed by atoms with Crippen molar-refractivity contribution in [1.29, 1.82) is 0 Å². The standard InChI is InChI=1S/C17H14F2N4O2/c18-11-3-4-14(19)13(8-11)15-2-1-6-21(15)12-5-7-22-16(9-12)17(10-20-22)23(24)25/h3-5,7-10,15H,1-2,6H2. The fourth-order valence-electron chi connectivity index (χ4n) is 3.44. The molecule has 8 heteroatoms. The lowest BCUT2D eigenvalue weighted by atomic mass is 10.0. The van der Waals surface area contributed by atoms with Crippen molar-refractivity contribution in [3.63, 3.8) is 0 Å². The highest BCUT2D eigenvalue weighted by molar-refractivity contribution is 5.70. The lowest BCUT2D eigenvalue weighted by Crippen LogP contribution is -2.23. The Morgan fingerprint density at radius 3 is 2.88 bits per heavy atom. The van der Waals surface area contributed by atoms with Crippen LogP contribution in [0, 0.1) is 21.7 Å². The van der Waals surface area contributed by atoms with Crippen LogP contribution in [0.1, 0.15) is 24.4 Å². The Morgan fingerprint density at radius 1 is 1.24 bits per heavy atom. The van der Waals surface area contributed by atoms with Crippen molar-refractivity contribution in [2.24, 2.45) is 0 Å². The summed E-state index contributed by atoms with van der Waals surface area (Å²) in [6.07, 6.45) is 4.35. The van der Waals surface area contributed by atoms with Crippen molar-refractivity contribution in [3.8, 4) is 0 Å². The summed E-state index contributed by atoms with van der Waals surface area (Å²) in [5.74, 6) is -0.931. The molecule has 4 rings (SSSR count). The first-order valence-electron chi connectivity index (χ1n) is 7.88. The van der Waals surface area contributed by atoms with Crippen LogP contribution >= 0.6 is 0 Å². The van der Waals surface area contributed by atoms with Crippen LogP contribution in [0.25, 0.3) is 5.52 Å². The second kappa shape index (κ2) is 5.80. The number of rotatable bonds is 3. The van der Waals surface area contributed by atoms with Crippen LogP contribution in [0.2, 0.25) is 0 Å². The van der Waals surface area contributed by atoms with E-state index in [9.17, 15) is 18.9 Å². The average Bonchev–Trinajstić information content (AvgIpc) is 3.22. The summed E-state index contributed by atoms with van der Waals surface area (Å²) >= 11 is 0. The topological polar surface area (TPSA) is 63.7 Å². The molecule has 0 spiro atoms. The molecule has 25 heavy (non-hydrogen) atoms. The van der Waals surface area contributed by atoms with Crippen molar-refractivity contribution >= 4 is 16.9 Å². The molecule has 1 aliphatic rings. The summed E-state index contributed by atoms with van der Waals surface area (Å²) in [7, 11) is 0. The van der Waals surface area contributed by atoms with Crippen LogP contribution in [0.3, 0.4) is 0 Å². The zero-order valence-electron chi connectivity index (χ0n) is 13.1. The lowest BCUT2D eigenvalue weighted by molar-refractivity contribution is -0.383. The van der Waals surface area contributed by atoms with E-state index >= 15 is 0 Å². The van der Waals surface area contributed by atoms with Gasteiger partial charge in [-0.3, -0.25) is 10.1 Å². The van der Waals surface area contributed by atoms with Gasteiger partial charge in [0.05, 0.1) is 11.0 Å². The Morgan fingerprint density at radius 2 is 2.08 bits per heavy atom. The molecule has 1 aromatic carbocycles. The Kier molecular flexibility index (Phi) is 3.60. The largest absolute Gasteiger partial charge is 0.364 e. The number of nitrogens with zero attached hydrogens (tertiary/aromatic N) is 4. The van der Waals surface area contributed by atoms with E-state index in [0.29, 0.717) is 24.0 Å². The van der Waals surface area contributed by atoms with Crippen LogP contribution in [-0.2, 0) is 0 Å². The summed E-state index contributed by atoms with van der Waals surface area (Å²) in [5.41, 5.74) is 1.31. The van der Waals surface area contributed by atoms with E-state index in [0.717, 1.165) is 24.2 Å². The molecular formula is C17H14F2N4O2. The minimum Gasteiger partial charge on any atom is -0.364 e. The van der Waals surface area contributed by atoms with Gasteiger partial charge in [-0.2, -0.15) is 5.10 Å². The van der Waals surface area contributed by atoms with E-state index in [2.05, 4.69) is 5.10 Å². The molecule has 0 aliphatic carbocycles. The maximum Gasteiger partial charge on any atom is 0.314 e. The third kappa shape index (κ3) is 2.59. The first kappa shape index (κ1) is 15.5. The van der Waals surface area contributed by atoms with Gasteiger partial charge in [-0.1, -0.05) is 0 Å². The second-order valence-electron chi connectivity index (χ2n) is 6.02. The van der Waals surface area contributed by atoms with Crippen molar-refractivity contribution < 1.29 is 13.7 Å². The Labute approximate surface area is 141 Å². The number of fused-ring (bicyclic) bond motifs is 1. The molecule has 0 amide bonds. The van der Waals surface area contributed by atoms with E-state index in [1.807, 2.05) is 4.90 Å². The summed E-state index contributed by atoms with van der Waals surface area (Å²) in [6, 6.07) is 6.59. The molecule has 0 radical (unpaired) electrons. The highest BCUT2D eigenvalue weighted by Crippen LogP contribution is 2.38. The normalized spacial score (nSPS) is 17.4. The smallest absolute Gasteiger partial charge is 0.314 e. The zero-order chi connectivity index (χ0) is 17.6. The fourth-order valence-corrected chi connectivity index (χ4v) is 3.44. The number of hydrogen-bond donors (Lipinski definition) is 0. The Bertz CT molecular complexity index is 972.